The Bertz CT molecular complexity index is 598. The van der Waals surface area contributed by atoms with Crippen LogP contribution < -0.4 is 15.4 Å². The van der Waals surface area contributed by atoms with Crippen molar-refractivity contribution in [1.82, 2.24) is 15.1 Å². The number of nitrogens with one attached hydrogen (secondary N) is 2. The highest BCUT2D eigenvalue weighted by molar-refractivity contribution is 9.10. The minimum atomic E-state index is -0.221. The molecule has 0 spiro atoms. The normalized spacial score (nSPS) is 10.3. The monoisotopic (exact) mass is 366 g/mol. The largest absolute Gasteiger partial charge is 0.471 e. The molecule has 0 atom stereocenters. The van der Waals surface area contributed by atoms with Crippen molar-refractivity contribution >= 4 is 27.6 Å². The van der Waals surface area contributed by atoms with Gasteiger partial charge in [0.25, 0.3) is 0 Å². The summed E-state index contributed by atoms with van der Waals surface area (Å²) < 4.78 is 8.21. The molecule has 2 N–H and O–H groups in total. The Morgan fingerprint density at radius 1 is 1.36 bits per heavy atom. The van der Waals surface area contributed by atoms with Gasteiger partial charge in [0, 0.05) is 11.0 Å². The van der Waals surface area contributed by atoms with E-state index in [4.69, 9.17) is 4.74 Å². The predicted molar refractivity (Wildman–Crippen MR) is 88.9 cm³/mol. The lowest BCUT2D eigenvalue weighted by Crippen LogP contribution is -2.29. The maximum absolute atomic E-state index is 11.6. The van der Waals surface area contributed by atoms with E-state index in [-0.39, 0.29) is 12.8 Å². The quantitative estimate of drug-likeness (QED) is 0.735. The average molecular weight is 367 g/mol. The molecule has 0 aliphatic carbocycles. The summed E-state index contributed by atoms with van der Waals surface area (Å²) in [5, 5.41) is 9.65. The molecule has 0 radical (unpaired) electrons. The fourth-order valence-electron chi connectivity index (χ4n) is 1.72. The lowest BCUT2D eigenvalue weighted by molar-refractivity contribution is 0.221. The van der Waals surface area contributed by atoms with Crippen molar-refractivity contribution in [3.63, 3.8) is 0 Å². The fourth-order valence-corrected chi connectivity index (χ4v) is 1.99. The molecule has 2 rings (SSSR count). The third kappa shape index (κ3) is 5.40. The standard InChI is InChI=1S/C15H19BrN4O2/c1-2-3-8-17-15(21)19-13-9-18-20(10-13)11-22-14-6-4-12(16)5-7-14/h4-7,9-10H,2-3,8,11H2,1H3,(H2,17,19,21). The second-order valence-corrected chi connectivity index (χ2v) is 5.65. The Hall–Kier alpha value is -2.02. The number of hydrogen-bond acceptors (Lipinski definition) is 3. The first-order valence-electron chi connectivity index (χ1n) is 7.13. The number of hydrogen-bond donors (Lipinski definition) is 2. The van der Waals surface area contributed by atoms with Gasteiger partial charge in [0.15, 0.2) is 6.73 Å². The number of carbonyl (C=O) groups excluding carboxylic acids is 1. The molecular weight excluding hydrogens is 348 g/mol. The summed E-state index contributed by atoms with van der Waals surface area (Å²) in [7, 11) is 0. The van der Waals surface area contributed by atoms with Crippen LogP contribution in [0.5, 0.6) is 5.75 Å². The van der Waals surface area contributed by atoms with Crippen molar-refractivity contribution in [1.29, 1.82) is 0 Å². The van der Waals surface area contributed by atoms with Crippen molar-refractivity contribution in [3.8, 4) is 5.75 Å². The first-order valence-corrected chi connectivity index (χ1v) is 7.92. The molecule has 0 saturated carbocycles. The van der Waals surface area contributed by atoms with Gasteiger partial charge in [0.2, 0.25) is 0 Å². The van der Waals surface area contributed by atoms with E-state index < -0.39 is 0 Å². The van der Waals surface area contributed by atoms with Crippen molar-refractivity contribution in [2.75, 3.05) is 11.9 Å². The molecule has 1 aromatic carbocycles. The molecular formula is C15H19BrN4O2. The van der Waals surface area contributed by atoms with E-state index in [9.17, 15) is 4.79 Å². The summed E-state index contributed by atoms with van der Waals surface area (Å²) in [6, 6.07) is 7.33. The zero-order chi connectivity index (χ0) is 15.8. The molecule has 0 unspecified atom stereocenters. The van der Waals surface area contributed by atoms with Gasteiger partial charge in [-0.25, -0.2) is 9.48 Å². The molecule has 1 heterocycles. The third-order valence-electron chi connectivity index (χ3n) is 2.88. The number of amides is 2. The van der Waals surface area contributed by atoms with Gasteiger partial charge in [0.05, 0.1) is 18.1 Å². The highest BCUT2D eigenvalue weighted by atomic mass is 79.9. The molecule has 118 valence electrons. The Labute approximate surface area is 138 Å². The fraction of sp³-hybridized carbons (Fsp3) is 0.333. The van der Waals surface area contributed by atoms with E-state index in [0.717, 1.165) is 23.1 Å². The van der Waals surface area contributed by atoms with E-state index >= 15 is 0 Å². The number of nitrogens with zero attached hydrogens (tertiary/aromatic N) is 2. The van der Waals surface area contributed by atoms with Gasteiger partial charge in [-0.05, 0) is 30.7 Å². The van der Waals surface area contributed by atoms with Gasteiger partial charge in [-0.1, -0.05) is 29.3 Å². The van der Waals surface area contributed by atoms with Gasteiger partial charge < -0.3 is 15.4 Å². The van der Waals surface area contributed by atoms with Gasteiger partial charge in [-0.3, -0.25) is 0 Å². The summed E-state index contributed by atoms with van der Waals surface area (Å²) in [4.78, 5) is 11.6. The second-order valence-electron chi connectivity index (χ2n) is 4.73. The van der Waals surface area contributed by atoms with Crippen LogP contribution in [0.15, 0.2) is 41.1 Å². The molecule has 1 aromatic heterocycles. The number of aromatic nitrogens is 2. The Balaban J connectivity index is 1.78. The number of carbonyl (C=O) groups is 1. The van der Waals surface area contributed by atoms with Gasteiger partial charge in [-0.15, -0.1) is 0 Å². The summed E-state index contributed by atoms with van der Waals surface area (Å²) >= 11 is 3.37. The summed E-state index contributed by atoms with van der Waals surface area (Å²) in [6.45, 7) is 3.03. The van der Waals surface area contributed by atoms with Crippen LogP contribution in [0.1, 0.15) is 19.8 Å². The van der Waals surface area contributed by atoms with E-state index in [1.165, 1.54) is 0 Å². The van der Waals surface area contributed by atoms with Crippen molar-refractivity contribution in [2.45, 2.75) is 26.5 Å². The SMILES string of the molecule is CCCCNC(=O)Nc1cnn(COc2ccc(Br)cc2)c1. The molecule has 0 aliphatic heterocycles. The minimum absolute atomic E-state index is 0.221. The van der Waals surface area contributed by atoms with Gasteiger partial charge in [0.1, 0.15) is 5.75 Å². The number of ether oxygens (including phenoxy) is 1. The van der Waals surface area contributed by atoms with Crippen LogP contribution in [0, 0.1) is 0 Å². The second kappa shape index (κ2) is 8.43. The predicted octanol–water partition coefficient (Wildman–Crippen LogP) is 3.60. The maximum atomic E-state index is 11.6. The van der Waals surface area contributed by atoms with Crippen LogP contribution in [-0.2, 0) is 6.73 Å². The van der Waals surface area contributed by atoms with E-state index in [1.54, 1.807) is 17.1 Å². The van der Waals surface area contributed by atoms with Crippen LogP contribution in [0.4, 0.5) is 10.5 Å². The smallest absolute Gasteiger partial charge is 0.319 e. The molecule has 2 aromatic rings. The minimum Gasteiger partial charge on any atom is -0.471 e. The molecule has 6 nitrogen and oxygen atoms in total. The third-order valence-corrected chi connectivity index (χ3v) is 3.41. The van der Waals surface area contributed by atoms with Crippen LogP contribution in [0.25, 0.3) is 0 Å². The summed E-state index contributed by atoms with van der Waals surface area (Å²) in [5.41, 5.74) is 0.633. The van der Waals surface area contributed by atoms with E-state index in [1.807, 2.05) is 24.3 Å². The summed E-state index contributed by atoms with van der Waals surface area (Å²) in [5.74, 6) is 0.755. The highest BCUT2D eigenvalue weighted by Crippen LogP contribution is 2.16. The average Bonchev–Trinajstić information content (AvgIpc) is 2.94. The zero-order valence-corrected chi connectivity index (χ0v) is 14.0. The first-order chi connectivity index (χ1) is 10.7. The van der Waals surface area contributed by atoms with Gasteiger partial charge >= 0.3 is 6.03 Å². The number of rotatable bonds is 7. The van der Waals surface area contributed by atoms with Crippen LogP contribution in [0.3, 0.4) is 0 Å². The van der Waals surface area contributed by atoms with Crippen molar-refractivity contribution in [3.05, 3.63) is 41.1 Å². The van der Waals surface area contributed by atoms with Crippen LogP contribution in [0.2, 0.25) is 0 Å². The molecule has 0 fully saturated rings. The molecule has 0 aliphatic rings. The number of halogens is 1. The van der Waals surface area contributed by atoms with Crippen LogP contribution in [-0.4, -0.2) is 22.4 Å². The van der Waals surface area contributed by atoms with Gasteiger partial charge in [-0.2, -0.15) is 5.10 Å². The van der Waals surface area contributed by atoms with Crippen LogP contribution >= 0.6 is 15.9 Å². The molecule has 0 bridgehead atoms. The number of anilines is 1. The van der Waals surface area contributed by atoms with Crippen molar-refractivity contribution in [2.24, 2.45) is 0 Å². The Morgan fingerprint density at radius 2 is 2.14 bits per heavy atom. The number of unbranched alkanes of at least 4 members (excludes halogenated alkanes) is 1. The lowest BCUT2D eigenvalue weighted by atomic mass is 10.3. The molecule has 22 heavy (non-hydrogen) atoms. The molecule has 0 saturated heterocycles. The topological polar surface area (TPSA) is 68.2 Å². The highest BCUT2D eigenvalue weighted by Gasteiger charge is 2.04. The molecule has 7 heteroatoms. The van der Waals surface area contributed by atoms with E-state index in [2.05, 4.69) is 38.6 Å². The maximum Gasteiger partial charge on any atom is 0.319 e. The number of urea groups is 1. The Kier molecular flexibility index (Phi) is 6.27. The molecule has 2 amide bonds. The first kappa shape index (κ1) is 16.4. The Morgan fingerprint density at radius 3 is 2.86 bits per heavy atom. The number of benzene rings is 1. The summed E-state index contributed by atoms with van der Waals surface area (Å²) in [6.07, 6.45) is 5.32. The van der Waals surface area contributed by atoms with E-state index in [0.29, 0.717) is 12.2 Å². The zero-order valence-electron chi connectivity index (χ0n) is 12.4. The lowest BCUT2D eigenvalue weighted by Gasteiger charge is -2.06. The van der Waals surface area contributed by atoms with Crippen molar-refractivity contribution < 1.29 is 9.53 Å².